The topological polar surface area (TPSA) is 61.4 Å². The predicted octanol–water partition coefficient (Wildman–Crippen LogP) is 1.86. The Morgan fingerprint density at radius 1 is 1.17 bits per heavy atom. The maximum atomic E-state index is 12.5. The van der Waals surface area contributed by atoms with Crippen LogP contribution in [0.3, 0.4) is 0 Å². The van der Waals surface area contributed by atoms with E-state index in [1.54, 1.807) is 0 Å². The van der Waals surface area contributed by atoms with Crippen LogP contribution in [0, 0.1) is 6.92 Å². The number of nitrogens with zero attached hydrogens (tertiary/aromatic N) is 1. The quantitative estimate of drug-likeness (QED) is 0.886. The van der Waals surface area contributed by atoms with Crippen LogP contribution in [-0.4, -0.2) is 48.4 Å². The van der Waals surface area contributed by atoms with Crippen molar-refractivity contribution in [2.45, 2.75) is 51.1 Å². The van der Waals surface area contributed by atoms with Crippen LogP contribution in [-0.2, 0) is 4.79 Å². The number of carbonyl (C=O) groups is 2. The number of likely N-dealkylation sites (tertiary alicyclic amines) is 1. The van der Waals surface area contributed by atoms with E-state index in [1.165, 1.54) is 0 Å². The first-order chi connectivity index (χ1) is 11.6. The SMILES string of the molecule is Cc1ccc(C(=O)N2CCC(NC(=O)CC3CCCN3)CC2)cc1. The Balaban J connectivity index is 1.44. The molecule has 2 fully saturated rings. The smallest absolute Gasteiger partial charge is 0.253 e. The van der Waals surface area contributed by atoms with E-state index in [2.05, 4.69) is 10.6 Å². The second-order valence-corrected chi connectivity index (χ2v) is 7.00. The van der Waals surface area contributed by atoms with Gasteiger partial charge in [0.05, 0.1) is 0 Å². The van der Waals surface area contributed by atoms with Crippen LogP contribution in [0.5, 0.6) is 0 Å². The molecule has 5 nitrogen and oxygen atoms in total. The van der Waals surface area contributed by atoms with E-state index in [0.29, 0.717) is 25.6 Å². The molecule has 2 amide bonds. The van der Waals surface area contributed by atoms with Crippen molar-refractivity contribution in [1.29, 1.82) is 0 Å². The fourth-order valence-corrected chi connectivity index (χ4v) is 3.55. The molecule has 1 atom stereocenters. The summed E-state index contributed by atoms with van der Waals surface area (Å²) in [5.41, 5.74) is 1.90. The Kier molecular flexibility index (Phi) is 5.51. The van der Waals surface area contributed by atoms with Crippen LogP contribution in [0.4, 0.5) is 0 Å². The molecule has 1 aromatic carbocycles. The fourth-order valence-electron chi connectivity index (χ4n) is 3.55. The van der Waals surface area contributed by atoms with Crippen LogP contribution < -0.4 is 10.6 Å². The highest BCUT2D eigenvalue weighted by Gasteiger charge is 2.25. The summed E-state index contributed by atoms with van der Waals surface area (Å²) in [4.78, 5) is 26.5. The zero-order valence-electron chi connectivity index (χ0n) is 14.4. The zero-order valence-corrected chi connectivity index (χ0v) is 14.4. The molecule has 24 heavy (non-hydrogen) atoms. The summed E-state index contributed by atoms with van der Waals surface area (Å²) in [6, 6.07) is 8.25. The number of hydrogen-bond acceptors (Lipinski definition) is 3. The molecule has 2 saturated heterocycles. The summed E-state index contributed by atoms with van der Waals surface area (Å²) in [5.74, 6) is 0.229. The van der Waals surface area contributed by atoms with E-state index in [4.69, 9.17) is 0 Å². The maximum Gasteiger partial charge on any atom is 0.253 e. The molecule has 2 aliphatic heterocycles. The van der Waals surface area contributed by atoms with Gasteiger partial charge in [0.15, 0.2) is 0 Å². The Morgan fingerprint density at radius 2 is 1.88 bits per heavy atom. The van der Waals surface area contributed by atoms with Gasteiger partial charge in [-0.2, -0.15) is 0 Å². The number of piperidine rings is 1. The van der Waals surface area contributed by atoms with Crippen molar-refractivity contribution in [3.8, 4) is 0 Å². The Hall–Kier alpha value is -1.88. The van der Waals surface area contributed by atoms with Crippen molar-refractivity contribution in [1.82, 2.24) is 15.5 Å². The van der Waals surface area contributed by atoms with Crippen molar-refractivity contribution >= 4 is 11.8 Å². The highest BCUT2D eigenvalue weighted by atomic mass is 16.2. The molecular formula is C19H27N3O2. The summed E-state index contributed by atoms with van der Waals surface area (Å²) in [6.45, 7) is 4.46. The van der Waals surface area contributed by atoms with Gasteiger partial charge in [0, 0.05) is 37.2 Å². The van der Waals surface area contributed by atoms with Gasteiger partial charge in [0.2, 0.25) is 5.91 Å². The normalized spacial score (nSPS) is 21.7. The van der Waals surface area contributed by atoms with Crippen molar-refractivity contribution < 1.29 is 9.59 Å². The molecular weight excluding hydrogens is 302 g/mol. The molecule has 0 aromatic heterocycles. The van der Waals surface area contributed by atoms with Gasteiger partial charge in [-0.25, -0.2) is 0 Å². The molecule has 3 rings (SSSR count). The van der Waals surface area contributed by atoms with Gasteiger partial charge in [0.1, 0.15) is 0 Å². The molecule has 2 heterocycles. The predicted molar refractivity (Wildman–Crippen MR) is 93.9 cm³/mol. The zero-order chi connectivity index (χ0) is 16.9. The van der Waals surface area contributed by atoms with Gasteiger partial charge in [-0.15, -0.1) is 0 Å². The molecule has 1 unspecified atom stereocenters. The second kappa shape index (κ2) is 7.79. The highest BCUT2D eigenvalue weighted by molar-refractivity contribution is 5.94. The monoisotopic (exact) mass is 329 g/mol. The summed E-state index contributed by atoms with van der Waals surface area (Å²) < 4.78 is 0. The third-order valence-electron chi connectivity index (χ3n) is 5.04. The molecule has 0 saturated carbocycles. The van der Waals surface area contributed by atoms with Crippen LogP contribution >= 0.6 is 0 Å². The van der Waals surface area contributed by atoms with Gasteiger partial charge in [-0.05, 0) is 51.3 Å². The number of rotatable bonds is 4. The number of amides is 2. The number of nitrogens with one attached hydrogen (secondary N) is 2. The first-order valence-electron chi connectivity index (χ1n) is 9.00. The summed E-state index contributed by atoms with van der Waals surface area (Å²) in [5, 5.41) is 6.49. The third-order valence-corrected chi connectivity index (χ3v) is 5.04. The van der Waals surface area contributed by atoms with Crippen molar-refractivity contribution in [2.75, 3.05) is 19.6 Å². The first kappa shape index (κ1) is 17.0. The highest BCUT2D eigenvalue weighted by Crippen LogP contribution is 2.15. The average molecular weight is 329 g/mol. The molecule has 130 valence electrons. The average Bonchev–Trinajstić information content (AvgIpc) is 3.08. The molecule has 2 N–H and O–H groups in total. The molecule has 0 aliphatic carbocycles. The summed E-state index contributed by atoms with van der Waals surface area (Å²) in [7, 11) is 0. The van der Waals surface area contributed by atoms with Gasteiger partial charge in [0.25, 0.3) is 5.91 Å². The number of hydrogen-bond donors (Lipinski definition) is 2. The van der Waals surface area contributed by atoms with E-state index in [9.17, 15) is 9.59 Å². The molecule has 0 radical (unpaired) electrons. The largest absolute Gasteiger partial charge is 0.353 e. The van der Waals surface area contributed by atoms with Crippen LogP contribution in [0.25, 0.3) is 0 Å². The van der Waals surface area contributed by atoms with Gasteiger partial charge in [-0.3, -0.25) is 9.59 Å². The standard InChI is InChI=1S/C19H27N3O2/c1-14-4-6-15(7-5-14)19(24)22-11-8-16(9-12-22)21-18(23)13-17-3-2-10-20-17/h4-7,16-17,20H,2-3,8-13H2,1H3,(H,21,23). The van der Waals surface area contributed by atoms with Crippen LogP contribution in [0.2, 0.25) is 0 Å². The Bertz CT molecular complexity index is 571. The number of aryl methyl sites for hydroxylation is 1. The number of benzene rings is 1. The fraction of sp³-hybridized carbons (Fsp3) is 0.579. The molecule has 0 bridgehead atoms. The summed E-state index contributed by atoms with van der Waals surface area (Å²) in [6.07, 6.45) is 4.50. The molecule has 2 aliphatic rings. The van der Waals surface area contributed by atoms with Crippen molar-refractivity contribution in [3.63, 3.8) is 0 Å². The van der Waals surface area contributed by atoms with E-state index < -0.39 is 0 Å². The second-order valence-electron chi connectivity index (χ2n) is 7.00. The minimum absolute atomic E-state index is 0.0925. The third kappa shape index (κ3) is 4.35. The van der Waals surface area contributed by atoms with Crippen molar-refractivity contribution in [3.05, 3.63) is 35.4 Å². The summed E-state index contributed by atoms with van der Waals surface area (Å²) >= 11 is 0. The van der Waals surface area contributed by atoms with Gasteiger partial charge in [-0.1, -0.05) is 17.7 Å². The minimum Gasteiger partial charge on any atom is -0.353 e. The minimum atomic E-state index is 0.0925. The van der Waals surface area contributed by atoms with Crippen molar-refractivity contribution in [2.24, 2.45) is 0 Å². The molecule has 5 heteroatoms. The Labute approximate surface area is 143 Å². The molecule has 0 spiro atoms. The lowest BCUT2D eigenvalue weighted by molar-refractivity contribution is -0.122. The Morgan fingerprint density at radius 3 is 2.50 bits per heavy atom. The van der Waals surface area contributed by atoms with Crippen LogP contribution in [0.15, 0.2) is 24.3 Å². The van der Waals surface area contributed by atoms with E-state index in [-0.39, 0.29) is 17.9 Å². The van der Waals surface area contributed by atoms with Gasteiger partial charge >= 0.3 is 0 Å². The number of carbonyl (C=O) groups excluding carboxylic acids is 2. The lowest BCUT2D eigenvalue weighted by atomic mass is 10.0. The lowest BCUT2D eigenvalue weighted by Crippen LogP contribution is -2.47. The van der Waals surface area contributed by atoms with Gasteiger partial charge < -0.3 is 15.5 Å². The maximum absolute atomic E-state index is 12.5. The first-order valence-corrected chi connectivity index (χ1v) is 9.00. The van der Waals surface area contributed by atoms with E-state index in [0.717, 1.165) is 43.4 Å². The molecule has 1 aromatic rings. The van der Waals surface area contributed by atoms with Crippen LogP contribution in [0.1, 0.15) is 48.0 Å². The van der Waals surface area contributed by atoms with E-state index >= 15 is 0 Å². The van der Waals surface area contributed by atoms with E-state index in [1.807, 2.05) is 36.1 Å². The lowest BCUT2D eigenvalue weighted by Gasteiger charge is -2.32.